The molecule has 0 saturated carbocycles. The van der Waals surface area contributed by atoms with Gasteiger partial charge in [0.05, 0.1) is 12.7 Å². The lowest BCUT2D eigenvalue weighted by Crippen LogP contribution is -2.49. The maximum atomic E-state index is 12.9. The van der Waals surface area contributed by atoms with Crippen LogP contribution in [0.15, 0.2) is 43.0 Å². The van der Waals surface area contributed by atoms with E-state index in [1.54, 1.807) is 18.3 Å². The zero-order chi connectivity index (χ0) is 16.1. The minimum absolute atomic E-state index is 0.117. The molecule has 1 fully saturated rings. The van der Waals surface area contributed by atoms with Crippen LogP contribution in [0.3, 0.4) is 0 Å². The molecule has 0 atom stereocenters. The summed E-state index contributed by atoms with van der Waals surface area (Å²) in [6.45, 7) is 5.18. The van der Waals surface area contributed by atoms with Gasteiger partial charge in [-0.2, -0.15) is 0 Å². The molecular weight excluding hydrogens is 295 g/mol. The number of amides is 1. The van der Waals surface area contributed by atoms with Crippen molar-refractivity contribution in [1.29, 1.82) is 0 Å². The molecule has 0 spiro atoms. The molecule has 1 aliphatic heterocycles. The van der Waals surface area contributed by atoms with Crippen LogP contribution < -0.4 is 0 Å². The Bertz CT molecular complexity index is 619. The molecule has 0 aliphatic carbocycles. The van der Waals surface area contributed by atoms with E-state index >= 15 is 0 Å². The van der Waals surface area contributed by atoms with Crippen molar-refractivity contribution in [3.05, 3.63) is 54.4 Å². The zero-order valence-corrected chi connectivity index (χ0v) is 13.1. The van der Waals surface area contributed by atoms with Crippen molar-refractivity contribution in [1.82, 2.24) is 19.4 Å². The average Bonchev–Trinajstić information content (AvgIpc) is 3.09. The normalized spacial score (nSPS) is 15.8. The third-order valence-corrected chi connectivity index (χ3v) is 4.23. The number of aromatic nitrogens is 2. The zero-order valence-electron chi connectivity index (χ0n) is 13.1. The number of carbonyl (C=O) groups is 1. The smallest absolute Gasteiger partial charge is 0.227 e. The number of imidazole rings is 1. The number of piperazine rings is 1. The molecule has 122 valence electrons. The number of benzene rings is 1. The quantitative estimate of drug-likeness (QED) is 0.837. The van der Waals surface area contributed by atoms with Crippen LogP contribution in [0, 0.1) is 5.82 Å². The summed E-state index contributed by atoms with van der Waals surface area (Å²) in [5, 5.41) is 0. The molecule has 3 rings (SSSR count). The van der Waals surface area contributed by atoms with E-state index < -0.39 is 0 Å². The van der Waals surface area contributed by atoms with Crippen molar-refractivity contribution in [2.45, 2.75) is 13.0 Å². The molecule has 2 heterocycles. The lowest BCUT2D eigenvalue weighted by molar-refractivity contribution is -0.132. The Labute approximate surface area is 135 Å². The molecule has 1 saturated heterocycles. The number of nitrogens with zero attached hydrogens (tertiary/aromatic N) is 4. The molecule has 0 bridgehead atoms. The third kappa shape index (κ3) is 4.39. The number of carbonyl (C=O) groups excluding carboxylic acids is 1. The summed E-state index contributed by atoms with van der Waals surface area (Å²) >= 11 is 0. The Kier molecular flexibility index (Phi) is 5.02. The van der Waals surface area contributed by atoms with Crippen LogP contribution in [0.4, 0.5) is 4.39 Å². The minimum Gasteiger partial charge on any atom is -0.340 e. The molecule has 0 unspecified atom stereocenters. The molecular formula is C17H21FN4O. The van der Waals surface area contributed by atoms with Crippen molar-refractivity contribution in [2.24, 2.45) is 0 Å². The summed E-state index contributed by atoms with van der Waals surface area (Å²) in [6, 6.07) is 6.15. The van der Waals surface area contributed by atoms with Gasteiger partial charge in [-0.15, -0.1) is 0 Å². The SMILES string of the molecule is O=C(Cc1ccc(F)cc1)N1CCN(CCn2ccnc2)CC1. The summed E-state index contributed by atoms with van der Waals surface area (Å²) < 4.78 is 15.0. The highest BCUT2D eigenvalue weighted by molar-refractivity contribution is 5.78. The van der Waals surface area contributed by atoms with Gasteiger partial charge < -0.3 is 9.47 Å². The van der Waals surface area contributed by atoms with Gasteiger partial charge in [-0.1, -0.05) is 12.1 Å². The van der Waals surface area contributed by atoms with Gasteiger partial charge in [-0.25, -0.2) is 9.37 Å². The van der Waals surface area contributed by atoms with E-state index in [4.69, 9.17) is 0 Å². The highest BCUT2D eigenvalue weighted by atomic mass is 19.1. The number of hydrogen-bond donors (Lipinski definition) is 0. The van der Waals surface area contributed by atoms with Gasteiger partial charge in [-0.05, 0) is 17.7 Å². The Morgan fingerprint density at radius 2 is 1.83 bits per heavy atom. The van der Waals surface area contributed by atoms with Crippen LogP contribution in [0.1, 0.15) is 5.56 Å². The van der Waals surface area contributed by atoms with E-state index in [1.165, 1.54) is 12.1 Å². The molecule has 5 nitrogen and oxygen atoms in total. The molecule has 23 heavy (non-hydrogen) atoms. The van der Waals surface area contributed by atoms with Crippen LogP contribution >= 0.6 is 0 Å². The van der Waals surface area contributed by atoms with Gasteiger partial charge in [0.2, 0.25) is 5.91 Å². The lowest BCUT2D eigenvalue weighted by atomic mass is 10.1. The van der Waals surface area contributed by atoms with E-state index in [0.29, 0.717) is 6.42 Å². The van der Waals surface area contributed by atoms with Gasteiger partial charge >= 0.3 is 0 Å². The third-order valence-electron chi connectivity index (χ3n) is 4.23. The Balaban J connectivity index is 1.42. The average molecular weight is 316 g/mol. The molecule has 0 radical (unpaired) electrons. The van der Waals surface area contributed by atoms with Crippen LogP contribution in [0.25, 0.3) is 0 Å². The number of halogens is 1. The summed E-state index contributed by atoms with van der Waals surface area (Å²) in [5.74, 6) is -0.154. The Morgan fingerprint density at radius 1 is 1.09 bits per heavy atom. The molecule has 2 aromatic rings. The first-order valence-electron chi connectivity index (χ1n) is 7.91. The van der Waals surface area contributed by atoms with E-state index in [-0.39, 0.29) is 11.7 Å². The van der Waals surface area contributed by atoms with Crippen molar-refractivity contribution in [3.8, 4) is 0 Å². The van der Waals surface area contributed by atoms with Gasteiger partial charge in [0.1, 0.15) is 5.82 Å². The minimum atomic E-state index is -0.271. The van der Waals surface area contributed by atoms with Crippen LogP contribution in [-0.4, -0.2) is 58.0 Å². The Morgan fingerprint density at radius 3 is 2.48 bits per heavy atom. The van der Waals surface area contributed by atoms with E-state index in [1.807, 2.05) is 17.4 Å². The topological polar surface area (TPSA) is 41.4 Å². The molecule has 1 aliphatic rings. The number of rotatable bonds is 5. The second-order valence-corrected chi connectivity index (χ2v) is 5.83. The maximum absolute atomic E-state index is 12.9. The molecule has 1 aromatic carbocycles. The predicted molar refractivity (Wildman–Crippen MR) is 85.4 cm³/mol. The first-order valence-corrected chi connectivity index (χ1v) is 7.91. The lowest BCUT2D eigenvalue weighted by Gasteiger charge is -2.34. The number of hydrogen-bond acceptors (Lipinski definition) is 3. The van der Waals surface area contributed by atoms with Crippen molar-refractivity contribution >= 4 is 5.91 Å². The standard InChI is InChI=1S/C17H21FN4O/c18-16-3-1-15(2-4-16)13-17(23)22-11-9-20(10-12-22)7-8-21-6-5-19-14-21/h1-6,14H,7-13H2. The van der Waals surface area contributed by atoms with Gasteiger partial charge in [-0.3, -0.25) is 9.69 Å². The predicted octanol–water partition coefficient (Wildman–Crippen LogP) is 1.41. The monoisotopic (exact) mass is 316 g/mol. The highest BCUT2D eigenvalue weighted by Crippen LogP contribution is 2.08. The van der Waals surface area contributed by atoms with Crippen LogP contribution in [-0.2, 0) is 17.8 Å². The van der Waals surface area contributed by atoms with Crippen molar-refractivity contribution in [3.63, 3.8) is 0 Å². The Hall–Kier alpha value is -2.21. The molecule has 6 heteroatoms. The molecule has 0 N–H and O–H groups in total. The van der Waals surface area contributed by atoms with Crippen molar-refractivity contribution < 1.29 is 9.18 Å². The van der Waals surface area contributed by atoms with Gasteiger partial charge in [0.25, 0.3) is 0 Å². The van der Waals surface area contributed by atoms with E-state index in [0.717, 1.165) is 44.8 Å². The van der Waals surface area contributed by atoms with E-state index in [9.17, 15) is 9.18 Å². The fourth-order valence-corrected chi connectivity index (χ4v) is 2.79. The largest absolute Gasteiger partial charge is 0.340 e. The van der Waals surface area contributed by atoms with Crippen molar-refractivity contribution in [2.75, 3.05) is 32.7 Å². The molecule has 1 amide bonds. The fourth-order valence-electron chi connectivity index (χ4n) is 2.79. The summed E-state index contributed by atoms with van der Waals surface area (Å²) in [4.78, 5) is 20.6. The second kappa shape index (κ2) is 7.37. The maximum Gasteiger partial charge on any atom is 0.227 e. The van der Waals surface area contributed by atoms with Crippen LogP contribution in [0.2, 0.25) is 0 Å². The fraction of sp³-hybridized carbons (Fsp3) is 0.412. The van der Waals surface area contributed by atoms with Gasteiger partial charge in [0.15, 0.2) is 0 Å². The highest BCUT2D eigenvalue weighted by Gasteiger charge is 2.20. The first kappa shape index (κ1) is 15.7. The van der Waals surface area contributed by atoms with Gasteiger partial charge in [0, 0.05) is 51.7 Å². The summed E-state index contributed by atoms with van der Waals surface area (Å²) in [5.41, 5.74) is 0.860. The van der Waals surface area contributed by atoms with Crippen LogP contribution in [0.5, 0.6) is 0 Å². The second-order valence-electron chi connectivity index (χ2n) is 5.83. The van der Waals surface area contributed by atoms with E-state index in [2.05, 4.69) is 14.5 Å². The summed E-state index contributed by atoms with van der Waals surface area (Å²) in [7, 11) is 0. The first-order chi connectivity index (χ1) is 11.2. The summed E-state index contributed by atoms with van der Waals surface area (Å²) in [6.07, 6.45) is 5.91. The molecule has 1 aromatic heterocycles.